The fourth-order valence-corrected chi connectivity index (χ4v) is 6.77. The smallest absolute Gasteiger partial charge is 0.381 e. The van der Waals surface area contributed by atoms with Crippen molar-refractivity contribution in [3.8, 4) is 0 Å². The maximum Gasteiger partial charge on any atom is 0.501 e. The maximum absolute atomic E-state index is 13.5. The molecule has 0 radical (unpaired) electrons. The molecule has 9 nitrogen and oxygen atoms in total. The van der Waals surface area contributed by atoms with Gasteiger partial charge in [0.15, 0.2) is 0 Å². The number of hydrogen-bond donors (Lipinski definition) is 2. The van der Waals surface area contributed by atoms with Crippen LogP contribution in [0.2, 0.25) is 0 Å². The molecule has 14 heteroatoms. The molecule has 0 spiro atoms. The van der Waals surface area contributed by atoms with Crippen LogP contribution in [0.1, 0.15) is 38.5 Å². The summed E-state index contributed by atoms with van der Waals surface area (Å²) in [5.74, 6) is 0. The number of ether oxygens (including phenoxy) is 1. The minimum atomic E-state index is -5.80. The van der Waals surface area contributed by atoms with E-state index in [9.17, 15) is 30.0 Å². The van der Waals surface area contributed by atoms with Crippen LogP contribution in [-0.2, 0) is 24.6 Å². The topological polar surface area (TPSA) is 108 Å². The third-order valence-electron chi connectivity index (χ3n) is 6.81. The molecule has 0 atom stereocenters. The van der Waals surface area contributed by atoms with Crippen LogP contribution < -0.4 is 10.1 Å². The van der Waals surface area contributed by atoms with Gasteiger partial charge in [-0.2, -0.15) is 13.2 Å². The van der Waals surface area contributed by atoms with Crippen LogP contribution in [0.3, 0.4) is 0 Å². The number of benzene rings is 1. The van der Waals surface area contributed by atoms with E-state index in [1.54, 1.807) is 0 Å². The number of alkyl halides is 3. The predicted molar refractivity (Wildman–Crippen MR) is 123 cm³/mol. The number of nitrogens with one attached hydrogen (secondary N) is 2. The van der Waals surface area contributed by atoms with Gasteiger partial charge in [-0.1, -0.05) is 0 Å². The van der Waals surface area contributed by atoms with Gasteiger partial charge in [0, 0.05) is 51.5 Å². The summed E-state index contributed by atoms with van der Waals surface area (Å²) in [4.78, 5) is 3.01. The van der Waals surface area contributed by atoms with E-state index >= 15 is 0 Å². The molecule has 0 amide bonds. The summed E-state index contributed by atoms with van der Waals surface area (Å²) in [6.45, 7) is 2.48. The lowest BCUT2D eigenvalue weighted by molar-refractivity contribution is -0.0435. The molecule has 198 valence electrons. The van der Waals surface area contributed by atoms with E-state index in [1.807, 2.05) is 0 Å². The quantitative estimate of drug-likeness (QED) is 0.484. The molecule has 1 aliphatic carbocycles. The highest BCUT2D eigenvalue weighted by molar-refractivity contribution is 7.92. The number of nitrogens with zero attached hydrogens (tertiary/aromatic N) is 2. The molecule has 0 unspecified atom stereocenters. The first-order chi connectivity index (χ1) is 16.4. The third-order valence-corrected chi connectivity index (χ3v) is 9.74. The first kappa shape index (κ1) is 26.6. The number of anilines is 1. The predicted octanol–water partition coefficient (Wildman–Crippen LogP) is 2.32. The second-order valence-corrected chi connectivity index (χ2v) is 12.9. The van der Waals surface area contributed by atoms with Gasteiger partial charge in [-0.05, 0) is 56.7 Å². The van der Waals surface area contributed by atoms with E-state index in [2.05, 4.69) is 15.0 Å². The highest BCUT2D eigenvalue weighted by Gasteiger charge is 2.48. The van der Waals surface area contributed by atoms with Crippen molar-refractivity contribution in [2.24, 2.45) is 0 Å². The lowest BCUT2D eigenvalue weighted by Crippen LogP contribution is -2.47. The summed E-state index contributed by atoms with van der Waals surface area (Å²) in [5.41, 5.74) is -5.82. The standard InChI is InChI=1S/C21H31F3N4O5S2/c1-27(16-8-12-33-13-9-16)26-35(31,32)18-4-5-19(20(14-18)34(29,30)21(22,23)24)25-15-6-10-28(11-7-15)17-2-3-17/h4-5,14-17,25-26H,2-3,6-13H2,1H3. The van der Waals surface area contributed by atoms with Gasteiger partial charge in [0.2, 0.25) is 0 Å². The van der Waals surface area contributed by atoms with Crippen molar-refractivity contribution in [3.05, 3.63) is 18.2 Å². The highest BCUT2D eigenvalue weighted by Crippen LogP contribution is 2.37. The Morgan fingerprint density at radius 1 is 1.00 bits per heavy atom. The second-order valence-electron chi connectivity index (χ2n) is 9.34. The highest BCUT2D eigenvalue weighted by atomic mass is 32.2. The van der Waals surface area contributed by atoms with E-state index in [0.29, 0.717) is 51.0 Å². The largest absolute Gasteiger partial charge is 0.501 e. The van der Waals surface area contributed by atoms with E-state index in [4.69, 9.17) is 4.74 Å². The number of likely N-dealkylation sites (tertiary alicyclic amines) is 1. The first-order valence-corrected chi connectivity index (χ1v) is 14.6. The molecule has 1 aromatic carbocycles. The van der Waals surface area contributed by atoms with Crippen molar-refractivity contribution in [1.29, 1.82) is 0 Å². The van der Waals surface area contributed by atoms with Crippen LogP contribution in [0.25, 0.3) is 0 Å². The molecular weight excluding hydrogens is 509 g/mol. The average molecular weight is 541 g/mol. The minimum absolute atomic E-state index is 0.153. The lowest BCUT2D eigenvalue weighted by atomic mass is 10.0. The van der Waals surface area contributed by atoms with Crippen molar-refractivity contribution >= 4 is 25.5 Å². The Morgan fingerprint density at radius 2 is 1.63 bits per heavy atom. The number of piperidine rings is 1. The number of sulfone groups is 1. The van der Waals surface area contributed by atoms with Gasteiger partial charge in [0.05, 0.1) is 10.6 Å². The zero-order valence-electron chi connectivity index (χ0n) is 19.4. The number of hydrogen-bond acceptors (Lipinski definition) is 8. The van der Waals surface area contributed by atoms with Gasteiger partial charge >= 0.3 is 5.51 Å². The minimum Gasteiger partial charge on any atom is -0.381 e. The zero-order chi connectivity index (χ0) is 25.4. The second kappa shape index (κ2) is 10.1. The molecular formula is C21H31F3N4O5S2. The molecule has 1 aromatic rings. The van der Waals surface area contributed by atoms with Crippen molar-refractivity contribution in [2.75, 3.05) is 38.7 Å². The number of rotatable bonds is 8. The Labute approximate surface area is 203 Å². The Kier molecular flexibility index (Phi) is 7.70. The molecule has 3 aliphatic rings. The van der Waals surface area contributed by atoms with Crippen LogP contribution in [0.4, 0.5) is 18.9 Å². The van der Waals surface area contributed by atoms with Crippen molar-refractivity contribution in [3.63, 3.8) is 0 Å². The Hall–Kier alpha value is -1.45. The Morgan fingerprint density at radius 3 is 2.20 bits per heavy atom. The molecule has 2 N–H and O–H groups in total. The average Bonchev–Trinajstić information content (AvgIpc) is 3.65. The van der Waals surface area contributed by atoms with E-state index in [1.165, 1.54) is 12.1 Å². The van der Waals surface area contributed by atoms with Crippen molar-refractivity contribution in [2.45, 2.75) is 71.9 Å². The van der Waals surface area contributed by atoms with Gasteiger partial charge in [-0.3, -0.25) is 0 Å². The number of sulfonamides is 1. The normalized spacial score (nSPS) is 22.0. The van der Waals surface area contributed by atoms with Gasteiger partial charge in [-0.25, -0.2) is 21.8 Å². The number of hydrazine groups is 1. The summed E-state index contributed by atoms with van der Waals surface area (Å²) in [6.07, 6.45) is 4.77. The first-order valence-electron chi connectivity index (χ1n) is 11.7. The van der Waals surface area contributed by atoms with Crippen LogP contribution in [0.15, 0.2) is 28.0 Å². The van der Waals surface area contributed by atoms with E-state index < -0.39 is 35.2 Å². The molecule has 0 aromatic heterocycles. The Bertz CT molecular complexity index is 1110. The van der Waals surface area contributed by atoms with Crippen LogP contribution in [0.5, 0.6) is 0 Å². The molecule has 4 rings (SSSR count). The van der Waals surface area contributed by atoms with E-state index in [-0.39, 0.29) is 17.8 Å². The van der Waals surface area contributed by atoms with Gasteiger partial charge < -0.3 is 15.0 Å². The third kappa shape index (κ3) is 6.10. The fraction of sp³-hybridized carbons (Fsp3) is 0.714. The van der Waals surface area contributed by atoms with Crippen LogP contribution in [0, 0.1) is 0 Å². The van der Waals surface area contributed by atoms with Crippen molar-refractivity contribution < 1.29 is 34.7 Å². The zero-order valence-corrected chi connectivity index (χ0v) is 21.1. The van der Waals surface area contributed by atoms with Gasteiger partial charge in [0.25, 0.3) is 19.9 Å². The summed E-state index contributed by atoms with van der Waals surface area (Å²) < 4.78 is 96.4. The van der Waals surface area contributed by atoms with Crippen molar-refractivity contribution in [1.82, 2.24) is 14.7 Å². The summed E-state index contributed by atoms with van der Waals surface area (Å²) >= 11 is 0. The summed E-state index contributed by atoms with van der Waals surface area (Å²) in [7, 11) is -8.61. The monoisotopic (exact) mass is 540 g/mol. The Balaban J connectivity index is 1.58. The molecule has 2 heterocycles. The van der Waals surface area contributed by atoms with Crippen LogP contribution in [-0.4, -0.2) is 83.7 Å². The number of halogens is 3. The lowest BCUT2D eigenvalue weighted by Gasteiger charge is -2.33. The van der Waals surface area contributed by atoms with Crippen LogP contribution >= 0.6 is 0 Å². The molecule has 3 fully saturated rings. The molecule has 2 aliphatic heterocycles. The molecule has 0 bridgehead atoms. The fourth-order valence-electron chi connectivity index (χ4n) is 4.59. The summed E-state index contributed by atoms with van der Waals surface area (Å²) in [5, 5.41) is 4.30. The molecule has 35 heavy (non-hydrogen) atoms. The molecule has 2 saturated heterocycles. The van der Waals surface area contributed by atoms with E-state index in [0.717, 1.165) is 38.1 Å². The SMILES string of the molecule is CN(NS(=O)(=O)c1ccc(NC2CCN(C3CC3)CC2)c(S(=O)(=O)C(F)(F)F)c1)C1CCOCC1. The van der Waals surface area contributed by atoms with Gasteiger partial charge in [-0.15, -0.1) is 4.83 Å². The summed E-state index contributed by atoms with van der Waals surface area (Å²) in [6, 6.07) is 3.02. The maximum atomic E-state index is 13.5. The molecule has 1 saturated carbocycles. The van der Waals surface area contributed by atoms with Gasteiger partial charge in [0.1, 0.15) is 4.90 Å².